The molecule has 1 unspecified atom stereocenters. The van der Waals surface area contributed by atoms with Gasteiger partial charge in [0.25, 0.3) is 0 Å². The summed E-state index contributed by atoms with van der Waals surface area (Å²) in [5, 5.41) is 0. The Morgan fingerprint density at radius 3 is 1.49 bits per heavy atom. The Balaban J connectivity index is 1.17. The van der Waals surface area contributed by atoms with Crippen LogP contribution in [-0.4, -0.2) is 62.9 Å². The van der Waals surface area contributed by atoms with Crippen LogP contribution in [0.3, 0.4) is 0 Å². The fourth-order valence-electron chi connectivity index (χ4n) is 5.59. The average molecular weight is 833 g/mol. The fraction of sp³-hybridized carbons (Fsp3) is 0.286. The quantitative estimate of drug-likeness (QED) is 0.0185. The van der Waals surface area contributed by atoms with Crippen LogP contribution in [0.25, 0.3) is 6.08 Å². The molecule has 0 saturated carbocycles. The lowest BCUT2D eigenvalue weighted by atomic mass is 10.1. The van der Waals surface area contributed by atoms with Gasteiger partial charge in [-0.05, 0) is 129 Å². The van der Waals surface area contributed by atoms with Crippen LogP contribution in [0, 0.1) is 0 Å². The van der Waals surface area contributed by atoms with Crippen molar-refractivity contribution in [3.63, 3.8) is 0 Å². The van der Waals surface area contributed by atoms with Gasteiger partial charge in [-0.1, -0.05) is 55.6 Å². The molecule has 4 aromatic rings. The largest absolute Gasteiger partial charge is 0.494 e. The maximum absolute atomic E-state index is 13.0. The van der Waals surface area contributed by atoms with Gasteiger partial charge >= 0.3 is 29.8 Å². The number of carbonyl (C=O) groups is 5. The molecule has 4 aromatic carbocycles. The van der Waals surface area contributed by atoms with E-state index < -0.39 is 36.0 Å². The number of hydrogen-bond acceptors (Lipinski definition) is 12. The first-order chi connectivity index (χ1) is 29.7. The highest BCUT2D eigenvalue weighted by atomic mass is 16.6. The normalized spacial score (nSPS) is 11.1. The number of ether oxygens (including phenoxy) is 7. The monoisotopic (exact) mass is 832 g/mol. The van der Waals surface area contributed by atoms with Gasteiger partial charge in [0, 0.05) is 18.2 Å². The Labute approximate surface area is 356 Å². The first kappa shape index (κ1) is 46.7. The fourth-order valence-corrected chi connectivity index (χ4v) is 5.59. The van der Waals surface area contributed by atoms with Crippen molar-refractivity contribution in [2.75, 3.05) is 33.0 Å². The van der Waals surface area contributed by atoms with Gasteiger partial charge in [0.05, 0.1) is 37.6 Å². The zero-order chi connectivity index (χ0) is 43.5. The standard InChI is InChI=1S/C49H52O12/c1-3-45(50)57-34-14-7-5-12-32-55-41-25-18-37(19-26-41)20-31-47(52)61-44(38-16-10-9-11-17-38)36-59-48(53)39-23-29-43(30-24-39)60-49(54)40-21-27-42(28-22-40)56-33-13-6-8-15-35-58-46(51)4-2/h3-4,9-11,16-31,44H,1-2,5-8,12-15,32-36H2/b31-20+. The van der Waals surface area contributed by atoms with Crippen molar-refractivity contribution >= 4 is 35.9 Å². The van der Waals surface area contributed by atoms with E-state index in [0.29, 0.717) is 49.1 Å². The molecule has 0 saturated heterocycles. The van der Waals surface area contributed by atoms with Crippen LogP contribution in [0.1, 0.15) is 89.3 Å². The molecule has 0 aromatic heterocycles. The van der Waals surface area contributed by atoms with Gasteiger partial charge in [-0.2, -0.15) is 0 Å². The molecule has 320 valence electrons. The zero-order valence-electron chi connectivity index (χ0n) is 34.2. The summed E-state index contributed by atoms with van der Waals surface area (Å²) in [6.07, 6.45) is 11.3. The lowest BCUT2D eigenvalue weighted by Crippen LogP contribution is -2.18. The Hall–Kier alpha value is -6.95. The molecule has 0 aliphatic carbocycles. The highest BCUT2D eigenvalue weighted by Gasteiger charge is 2.19. The van der Waals surface area contributed by atoms with Gasteiger partial charge in [-0.3, -0.25) is 0 Å². The smallest absolute Gasteiger partial charge is 0.343 e. The highest BCUT2D eigenvalue weighted by Crippen LogP contribution is 2.22. The predicted molar refractivity (Wildman–Crippen MR) is 229 cm³/mol. The second kappa shape index (κ2) is 26.9. The number of esters is 5. The van der Waals surface area contributed by atoms with Crippen molar-refractivity contribution in [1.29, 1.82) is 0 Å². The first-order valence-electron chi connectivity index (χ1n) is 20.2. The molecular formula is C49H52O12. The lowest BCUT2D eigenvalue weighted by Gasteiger charge is -2.17. The Morgan fingerprint density at radius 1 is 0.492 bits per heavy atom. The summed E-state index contributed by atoms with van der Waals surface area (Å²) in [7, 11) is 0. The molecule has 0 fully saturated rings. The van der Waals surface area contributed by atoms with E-state index in [4.69, 9.17) is 33.2 Å². The van der Waals surface area contributed by atoms with Crippen LogP contribution >= 0.6 is 0 Å². The van der Waals surface area contributed by atoms with Crippen molar-refractivity contribution in [3.8, 4) is 17.2 Å². The summed E-state index contributed by atoms with van der Waals surface area (Å²) in [4.78, 5) is 60.8. The summed E-state index contributed by atoms with van der Waals surface area (Å²) in [6, 6.07) is 28.8. The minimum absolute atomic E-state index is 0.214. The summed E-state index contributed by atoms with van der Waals surface area (Å²) < 4.78 is 38.2. The van der Waals surface area contributed by atoms with Gasteiger partial charge in [0.1, 0.15) is 23.9 Å². The van der Waals surface area contributed by atoms with Gasteiger partial charge in [-0.25, -0.2) is 24.0 Å². The molecule has 0 bridgehead atoms. The molecule has 12 heteroatoms. The molecule has 0 spiro atoms. The Kier molecular flexibility index (Phi) is 20.6. The van der Waals surface area contributed by atoms with Crippen molar-refractivity contribution in [2.24, 2.45) is 0 Å². The topological polar surface area (TPSA) is 150 Å². The molecule has 12 nitrogen and oxygen atoms in total. The number of carbonyl (C=O) groups excluding carboxylic acids is 5. The molecule has 1 atom stereocenters. The van der Waals surface area contributed by atoms with Crippen molar-refractivity contribution < 1.29 is 57.1 Å². The second-order valence-electron chi connectivity index (χ2n) is 13.5. The highest BCUT2D eigenvalue weighted by molar-refractivity contribution is 5.92. The summed E-state index contributed by atoms with van der Waals surface area (Å²) >= 11 is 0. The molecule has 0 amide bonds. The third kappa shape index (κ3) is 18.2. The van der Waals surface area contributed by atoms with Crippen LogP contribution in [0.5, 0.6) is 17.2 Å². The van der Waals surface area contributed by atoms with Gasteiger partial charge in [-0.15, -0.1) is 0 Å². The van der Waals surface area contributed by atoms with E-state index in [-0.39, 0.29) is 17.9 Å². The third-order valence-electron chi connectivity index (χ3n) is 8.91. The van der Waals surface area contributed by atoms with Crippen LogP contribution in [-0.2, 0) is 33.3 Å². The second-order valence-corrected chi connectivity index (χ2v) is 13.5. The summed E-state index contributed by atoms with van der Waals surface area (Å²) in [6.45, 7) is 8.32. The maximum Gasteiger partial charge on any atom is 0.343 e. The van der Waals surface area contributed by atoms with Crippen molar-refractivity contribution in [3.05, 3.63) is 157 Å². The van der Waals surface area contributed by atoms with E-state index in [9.17, 15) is 24.0 Å². The summed E-state index contributed by atoms with van der Waals surface area (Å²) in [5.41, 5.74) is 1.95. The zero-order valence-corrected chi connectivity index (χ0v) is 34.2. The van der Waals surface area contributed by atoms with Gasteiger partial charge in [0.2, 0.25) is 0 Å². The van der Waals surface area contributed by atoms with Crippen LogP contribution in [0.4, 0.5) is 0 Å². The molecule has 0 radical (unpaired) electrons. The predicted octanol–water partition coefficient (Wildman–Crippen LogP) is 9.40. The molecule has 4 rings (SSSR count). The lowest BCUT2D eigenvalue weighted by molar-refractivity contribution is -0.145. The minimum atomic E-state index is -0.871. The molecule has 0 N–H and O–H groups in total. The van der Waals surface area contributed by atoms with Crippen molar-refractivity contribution in [1.82, 2.24) is 0 Å². The molecule has 0 heterocycles. The third-order valence-corrected chi connectivity index (χ3v) is 8.91. The Bertz CT molecular complexity index is 2020. The molecule has 61 heavy (non-hydrogen) atoms. The van der Waals surface area contributed by atoms with Crippen molar-refractivity contribution in [2.45, 2.75) is 57.5 Å². The van der Waals surface area contributed by atoms with Gasteiger partial charge < -0.3 is 33.2 Å². The van der Waals surface area contributed by atoms with Crippen LogP contribution in [0.2, 0.25) is 0 Å². The van der Waals surface area contributed by atoms with E-state index in [0.717, 1.165) is 69.1 Å². The van der Waals surface area contributed by atoms with E-state index >= 15 is 0 Å². The van der Waals surface area contributed by atoms with E-state index in [1.807, 2.05) is 30.3 Å². The number of unbranched alkanes of at least 4 members (excludes halogenated alkanes) is 6. The maximum atomic E-state index is 13.0. The first-order valence-corrected chi connectivity index (χ1v) is 20.2. The van der Waals surface area contributed by atoms with E-state index in [1.165, 1.54) is 30.3 Å². The SMILES string of the molecule is C=CC(=O)OCCCCCCOc1ccc(/C=C/C(=O)OC(COC(=O)c2ccc(OC(=O)c3ccc(OCCCCCCOC(=O)C=C)cc3)cc2)c2ccccc2)cc1. The summed E-state index contributed by atoms with van der Waals surface area (Å²) in [5.74, 6) is -1.11. The Morgan fingerprint density at radius 2 is 0.967 bits per heavy atom. The average Bonchev–Trinajstić information content (AvgIpc) is 3.29. The van der Waals surface area contributed by atoms with Gasteiger partial charge in [0.15, 0.2) is 6.10 Å². The minimum Gasteiger partial charge on any atom is -0.494 e. The number of benzene rings is 4. The van der Waals surface area contributed by atoms with Crippen LogP contribution in [0.15, 0.2) is 135 Å². The molecular weight excluding hydrogens is 781 g/mol. The number of rotatable bonds is 27. The number of hydrogen-bond donors (Lipinski definition) is 0. The van der Waals surface area contributed by atoms with E-state index in [2.05, 4.69) is 13.2 Å². The van der Waals surface area contributed by atoms with Crippen LogP contribution < -0.4 is 14.2 Å². The molecule has 0 aliphatic rings. The van der Waals surface area contributed by atoms with E-state index in [1.54, 1.807) is 54.6 Å². The molecule has 0 aliphatic heterocycles.